The fraction of sp³-hybridized carbons (Fsp3) is 0.571. The molecule has 156 valence electrons. The quantitative estimate of drug-likeness (QED) is 0.419. The highest BCUT2D eigenvalue weighted by molar-refractivity contribution is 5.85. The van der Waals surface area contributed by atoms with Crippen molar-refractivity contribution in [3.63, 3.8) is 0 Å². The maximum atomic E-state index is 12.5. The highest BCUT2D eigenvalue weighted by atomic mass is 16.2. The SMILES string of the molecule is CC(C)CC(C(=O)N1CC(C=O)CC1C=O)N(C)N.CNc1ccc(C)cc1. The van der Waals surface area contributed by atoms with E-state index in [1.165, 1.54) is 21.2 Å². The molecule has 3 N–H and O–H groups in total. The summed E-state index contributed by atoms with van der Waals surface area (Å²) >= 11 is 0. The molecule has 1 aromatic carbocycles. The van der Waals surface area contributed by atoms with Crippen LogP contribution in [-0.4, -0.2) is 61.1 Å². The van der Waals surface area contributed by atoms with Crippen LogP contribution in [0, 0.1) is 18.8 Å². The molecule has 1 heterocycles. The molecule has 1 saturated heterocycles. The van der Waals surface area contributed by atoms with Crippen LogP contribution in [0.2, 0.25) is 0 Å². The van der Waals surface area contributed by atoms with Crippen molar-refractivity contribution in [3.8, 4) is 0 Å². The predicted octanol–water partition coefficient (Wildman–Crippen LogP) is 1.86. The number of carbonyl (C=O) groups is 3. The van der Waals surface area contributed by atoms with Crippen molar-refractivity contribution in [1.29, 1.82) is 0 Å². The monoisotopic (exact) mass is 390 g/mol. The second-order valence-electron chi connectivity index (χ2n) is 7.75. The maximum absolute atomic E-state index is 12.5. The molecule has 1 fully saturated rings. The van der Waals surface area contributed by atoms with Gasteiger partial charge >= 0.3 is 0 Å². The number of rotatable bonds is 7. The summed E-state index contributed by atoms with van der Waals surface area (Å²) in [4.78, 5) is 35.8. The minimum atomic E-state index is -0.502. The lowest BCUT2D eigenvalue weighted by Gasteiger charge is -2.30. The summed E-state index contributed by atoms with van der Waals surface area (Å²) in [5.74, 6) is 5.64. The summed E-state index contributed by atoms with van der Waals surface area (Å²) in [7, 11) is 3.57. The van der Waals surface area contributed by atoms with E-state index < -0.39 is 12.1 Å². The molecule has 1 aliphatic heterocycles. The van der Waals surface area contributed by atoms with E-state index in [0.29, 0.717) is 25.3 Å². The molecule has 0 aromatic heterocycles. The van der Waals surface area contributed by atoms with E-state index in [1.54, 1.807) is 7.05 Å². The molecule has 3 unspecified atom stereocenters. The van der Waals surface area contributed by atoms with Crippen molar-refractivity contribution in [2.24, 2.45) is 17.7 Å². The lowest BCUT2D eigenvalue weighted by molar-refractivity contribution is -0.140. The minimum Gasteiger partial charge on any atom is -0.388 e. The Bertz CT molecular complexity index is 631. The van der Waals surface area contributed by atoms with Crippen LogP contribution in [-0.2, 0) is 14.4 Å². The molecule has 1 amide bonds. The molecule has 1 aromatic rings. The zero-order chi connectivity index (χ0) is 21.3. The summed E-state index contributed by atoms with van der Waals surface area (Å²) in [5, 5.41) is 4.44. The third-order valence-corrected chi connectivity index (χ3v) is 4.82. The second-order valence-corrected chi connectivity index (χ2v) is 7.75. The van der Waals surface area contributed by atoms with Gasteiger partial charge in [0.15, 0.2) is 0 Å². The third kappa shape index (κ3) is 7.05. The van der Waals surface area contributed by atoms with Crippen molar-refractivity contribution in [1.82, 2.24) is 9.91 Å². The summed E-state index contributed by atoms with van der Waals surface area (Å²) in [6.07, 6.45) is 2.60. The Morgan fingerprint density at radius 3 is 2.32 bits per heavy atom. The van der Waals surface area contributed by atoms with Gasteiger partial charge in [0.1, 0.15) is 18.6 Å². The molecule has 0 radical (unpaired) electrons. The largest absolute Gasteiger partial charge is 0.388 e. The zero-order valence-corrected chi connectivity index (χ0v) is 17.6. The number of likely N-dealkylation sites (tertiary alicyclic amines) is 1. The summed E-state index contributed by atoms with van der Waals surface area (Å²) in [6, 6.07) is 7.35. The minimum absolute atomic E-state index is 0.167. The van der Waals surface area contributed by atoms with Crippen LogP contribution in [0.5, 0.6) is 0 Å². The van der Waals surface area contributed by atoms with Gasteiger partial charge in [0.25, 0.3) is 0 Å². The number of nitrogens with two attached hydrogens (primary N) is 1. The van der Waals surface area contributed by atoms with Crippen LogP contribution < -0.4 is 11.2 Å². The Balaban J connectivity index is 0.000000362. The number of benzene rings is 1. The fourth-order valence-corrected chi connectivity index (χ4v) is 3.18. The number of hydrazine groups is 1. The van der Waals surface area contributed by atoms with Crippen molar-refractivity contribution >= 4 is 24.2 Å². The number of nitrogens with one attached hydrogen (secondary N) is 1. The molecule has 2 rings (SSSR count). The predicted molar refractivity (Wildman–Crippen MR) is 112 cm³/mol. The van der Waals surface area contributed by atoms with E-state index >= 15 is 0 Å². The van der Waals surface area contributed by atoms with Gasteiger partial charge in [-0.05, 0) is 37.8 Å². The molecule has 7 nitrogen and oxygen atoms in total. The molecule has 0 spiro atoms. The first-order chi connectivity index (χ1) is 13.2. The fourth-order valence-electron chi connectivity index (χ4n) is 3.18. The molecule has 0 saturated carbocycles. The van der Waals surface area contributed by atoms with Crippen LogP contribution in [0.25, 0.3) is 0 Å². The Morgan fingerprint density at radius 1 is 1.29 bits per heavy atom. The molecular formula is C21H34N4O3. The highest BCUT2D eigenvalue weighted by Crippen LogP contribution is 2.23. The van der Waals surface area contributed by atoms with Crippen LogP contribution in [0.15, 0.2) is 24.3 Å². The Labute approximate surface area is 168 Å². The van der Waals surface area contributed by atoms with Gasteiger partial charge in [0.05, 0.1) is 6.04 Å². The van der Waals surface area contributed by atoms with E-state index in [0.717, 1.165) is 12.6 Å². The second kappa shape index (κ2) is 11.6. The van der Waals surface area contributed by atoms with E-state index in [4.69, 9.17) is 5.84 Å². The number of nitrogens with zero attached hydrogens (tertiary/aromatic N) is 2. The summed E-state index contributed by atoms with van der Waals surface area (Å²) in [5.41, 5.74) is 2.47. The Morgan fingerprint density at radius 2 is 1.89 bits per heavy atom. The van der Waals surface area contributed by atoms with Gasteiger partial charge in [-0.25, -0.2) is 5.01 Å². The van der Waals surface area contributed by atoms with Gasteiger partial charge < -0.3 is 19.8 Å². The van der Waals surface area contributed by atoms with E-state index in [-0.39, 0.29) is 11.8 Å². The van der Waals surface area contributed by atoms with Gasteiger partial charge in [0.2, 0.25) is 5.91 Å². The van der Waals surface area contributed by atoms with Crippen LogP contribution >= 0.6 is 0 Å². The van der Waals surface area contributed by atoms with E-state index in [9.17, 15) is 14.4 Å². The van der Waals surface area contributed by atoms with E-state index in [1.807, 2.05) is 20.9 Å². The Hall–Kier alpha value is -2.25. The average Bonchev–Trinajstić information content (AvgIpc) is 3.10. The third-order valence-electron chi connectivity index (χ3n) is 4.82. The number of aldehydes is 2. The maximum Gasteiger partial charge on any atom is 0.241 e. The topological polar surface area (TPSA) is 95.7 Å². The molecule has 1 aliphatic rings. The molecule has 28 heavy (non-hydrogen) atoms. The van der Waals surface area contributed by atoms with Gasteiger partial charge in [-0.2, -0.15) is 0 Å². The first-order valence-electron chi connectivity index (χ1n) is 9.66. The lowest BCUT2D eigenvalue weighted by Crippen LogP contribution is -2.52. The normalized spacial score (nSPS) is 19.8. The van der Waals surface area contributed by atoms with Crippen molar-refractivity contribution < 1.29 is 14.4 Å². The zero-order valence-electron chi connectivity index (χ0n) is 17.6. The molecule has 3 atom stereocenters. The van der Waals surface area contributed by atoms with Gasteiger partial charge in [-0.3, -0.25) is 10.6 Å². The number of likely N-dealkylation sites (N-methyl/N-ethyl adjacent to an activating group) is 1. The smallest absolute Gasteiger partial charge is 0.241 e. The van der Waals surface area contributed by atoms with E-state index in [2.05, 4.69) is 36.5 Å². The van der Waals surface area contributed by atoms with Crippen LogP contribution in [0.4, 0.5) is 5.69 Å². The standard InChI is InChI=1S/C13H23N3O3.C8H11N/c1-9(2)4-12(15(3)14)13(19)16-6-10(7-17)5-11(16)8-18;1-7-3-5-8(9-2)6-4-7/h7-12H,4-6,14H2,1-3H3;3-6,9H,1-2H3. The molecule has 7 heteroatoms. The van der Waals surface area contributed by atoms with Crippen molar-refractivity contribution in [2.45, 2.75) is 45.7 Å². The highest BCUT2D eigenvalue weighted by Gasteiger charge is 2.38. The first kappa shape index (κ1) is 23.8. The number of aryl methyl sites for hydroxylation is 1. The van der Waals surface area contributed by atoms with Gasteiger partial charge in [-0.15, -0.1) is 0 Å². The number of hydrogen-bond acceptors (Lipinski definition) is 6. The van der Waals surface area contributed by atoms with Crippen LogP contribution in [0.1, 0.15) is 32.3 Å². The Kier molecular flexibility index (Phi) is 9.82. The molecular weight excluding hydrogens is 356 g/mol. The average molecular weight is 391 g/mol. The summed E-state index contributed by atoms with van der Waals surface area (Å²) < 4.78 is 0. The first-order valence-corrected chi connectivity index (χ1v) is 9.66. The van der Waals surface area contributed by atoms with Crippen molar-refractivity contribution in [3.05, 3.63) is 29.8 Å². The van der Waals surface area contributed by atoms with Gasteiger partial charge in [-0.1, -0.05) is 31.5 Å². The lowest BCUT2D eigenvalue weighted by atomic mass is 10.0. The van der Waals surface area contributed by atoms with Crippen molar-refractivity contribution in [2.75, 3.05) is 26.0 Å². The molecule has 0 aliphatic carbocycles. The number of anilines is 1. The molecule has 0 bridgehead atoms. The van der Waals surface area contributed by atoms with Crippen LogP contribution in [0.3, 0.4) is 0 Å². The number of carbonyl (C=O) groups excluding carboxylic acids is 3. The van der Waals surface area contributed by atoms with Gasteiger partial charge in [0, 0.05) is 32.2 Å². The summed E-state index contributed by atoms with van der Waals surface area (Å²) in [6.45, 7) is 6.42. The number of amides is 1. The number of hydrogen-bond donors (Lipinski definition) is 2.